The molecule has 0 bridgehead atoms. The summed E-state index contributed by atoms with van der Waals surface area (Å²) in [5, 5.41) is 19.1. The van der Waals surface area contributed by atoms with Gasteiger partial charge in [0.05, 0.1) is 9.40 Å². The molecule has 1 rings (SSSR count). The minimum Gasteiger partial charge on any atom is -0.476 e. The monoisotopic (exact) mass is 296 g/mol. The predicted octanol–water partition coefficient (Wildman–Crippen LogP) is 2.39. The summed E-state index contributed by atoms with van der Waals surface area (Å²) in [4.78, 5) is 23.2. The molecule has 1 aromatic rings. The summed E-state index contributed by atoms with van der Waals surface area (Å²) in [5.74, 6) is -1.74. The van der Waals surface area contributed by atoms with Crippen molar-refractivity contribution in [1.29, 1.82) is 0 Å². The predicted molar refractivity (Wildman–Crippen MR) is 50.5 cm³/mol. The van der Waals surface area contributed by atoms with Gasteiger partial charge in [0.2, 0.25) is 5.69 Å². The van der Waals surface area contributed by atoms with Crippen molar-refractivity contribution in [3.8, 4) is 0 Å². The van der Waals surface area contributed by atoms with Crippen molar-refractivity contribution in [2.45, 2.75) is 6.43 Å². The third-order valence-corrected chi connectivity index (χ3v) is 2.18. The highest BCUT2D eigenvalue weighted by Crippen LogP contribution is 2.31. The average Bonchev–Trinajstić information content (AvgIpc) is 2.15. The highest BCUT2D eigenvalue weighted by Gasteiger charge is 2.28. The molecule has 1 heterocycles. The second-order valence-corrected chi connectivity index (χ2v) is 3.44. The molecule has 0 radical (unpaired) electrons. The van der Waals surface area contributed by atoms with Gasteiger partial charge >= 0.3 is 11.7 Å². The summed E-state index contributed by atoms with van der Waals surface area (Å²) >= 11 is 2.66. The molecule has 0 unspecified atom stereocenters. The van der Waals surface area contributed by atoms with Crippen LogP contribution in [0.1, 0.15) is 22.6 Å². The maximum absolute atomic E-state index is 12.3. The zero-order chi connectivity index (χ0) is 12.5. The van der Waals surface area contributed by atoms with Crippen molar-refractivity contribution in [3.05, 3.63) is 32.0 Å². The third kappa shape index (κ3) is 2.30. The lowest BCUT2D eigenvalue weighted by Gasteiger charge is -2.03. The minimum absolute atomic E-state index is 0.347. The zero-order valence-corrected chi connectivity index (χ0v) is 8.94. The largest absolute Gasteiger partial charge is 0.476 e. The Bertz CT molecular complexity index is 466. The normalized spacial score (nSPS) is 10.5. The van der Waals surface area contributed by atoms with E-state index in [0.717, 1.165) is 6.07 Å². The molecule has 0 aliphatic rings. The molecule has 0 aromatic carbocycles. The Hall–Kier alpha value is -1.64. The van der Waals surface area contributed by atoms with Crippen molar-refractivity contribution in [1.82, 2.24) is 4.98 Å². The summed E-state index contributed by atoms with van der Waals surface area (Å²) in [7, 11) is 0. The Kier molecular flexibility index (Phi) is 3.48. The van der Waals surface area contributed by atoms with Crippen LogP contribution in [0.15, 0.2) is 10.5 Å². The Labute approximate surface area is 95.2 Å². The van der Waals surface area contributed by atoms with Crippen molar-refractivity contribution in [3.63, 3.8) is 0 Å². The lowest BCUT2D eigenvalue weighted by molar-refractivity contribution is -0.386. The molecular formula is C7H3BrF2N2O4. The third-order valence-electron chi connectivity index (χ3n) is 1.57. The first-order valence-electron chi connectivity index (χ1n) is 3.71. The molecule has 0 fully saturated rings. The number of carboxylic acid groups (broad SMARTS) is 1. The van der Waals surface area contributed by atoms with Crippen LogP contribution >= 0.6 is 15.9 Å². The number of halogens is 3. The first kappa shape index (κ1) is 12.4. The first-order chi connectivity index (χ1) is 7.34. The van der Waals surface area contributed by atoms with E-state index in [2.05, 4.69) is 20.9 Å². The number of nitro groups is 1. The van der Waals surface area contributed by atoms with Gasteiger partial charge in [0, 0.05) is 0 Å². The quantitative estimate of drug-likeness (QED) is 0.683. The van der Waals surface area contributed by atoms with Crippen LogP contribution < -0.4 is 0 Å². The van der Waals surface area contributed by atoms with Gasteiger partial charge in [-0.2, -0.15) is 0 Å². The highest BCUT2D eigenvalue weighted by molar-refractivity contribution is 9.10. The number of aromatic nitrogens is 1. The van der Waals surface area contributed by atoms with Crippen LogP contribution in [0.3, 0.4) is 0 Å². The average molecular weight is 297 g/mol. The molecule has 6 nitrogen and oxygen atoms in total. The summed E-state index contributed by atoms with van der Waals surface area (Å²) in [5.41, 5.74) is -2.71. The lowest BCUT2D eigenvalue weighted by atomic mass is 10.2. The number of hydrogen-bond donors (Lipinski definition) is 1. The molecule has 0 aliphatic carbocycles. The van der Waals surface area contributed by atoms with Crippen molar-refractivity contribution in [2.75, 3.05) is 0 Å². The molecule has 0 saturated heterocycles. The number of pyridine rings is 1. The van der Waals surface area contributed by atoms with Gasteiger partial charge in [0.15, 0.2) is 0 Å². The van der Waals surface area contributed by atoms with E-state index in [0.29, 0.717) is 0 Å². The van der Waals surface area contributed by atoms with E-state index in [9.17, 15) is 23.7 Å². The number of carboxylic acids is 1. The molecule has 16 heavy (non-hydrogen) atoms. The van der Waals surface area contributed by atoms with Gasteiger partial charge in [-0.3, -0.25) is 10.1 Å². The van der Waals surface area contributed by atoms with Crippen LogP contribution in [0.25, 0.3) is 0 Å². The number of rotatable bonds is 3. The van der Waals surface area contributed by atoms with E-state index < -0.39 is 34.4 Å². The van der Waals surface area contributed by atoms with Crippen molar-refractivity contribution < 1.29 is 23.6 Å². The fraction of sp³-hybridized carbons (Fsp3) is 0.143. The molecule has 9 heteroatoms. The molecule has 0 amide bonds. The van der Waals surface area contributed by atoms with Crippen molar-refractivity contribution >= 4 is 27.6 Å². The number of nitrogens with zero attached hydrogens (tertiary/aromatic N) is 2. The van der Waals surface area contributed by atoms with Crippen molar-refractivity contribution in [2.24, 2.45) is 0 Å². The van der Waals surface area contributed by atoms with Crippen LogP contribution in [0.5, 0.6) is 0 Å². The van der Waals surface area contributed by atoms with E-state index in [4.69, 9.17) is 5.11 Å². The van der Waals surface area contributed by atoms with Crippen LogP contribution in [0, 0.1) is 10.1 Å². The second-order valence-electron chi connectivity index (χ2n) is 2.59. The Morgan fingerprint density at radius 2 is 2.19 bits per heavy atom. The molecule has 0 spiro atoms. The fourth-order valence-electron chi connectivity index (χ4n) is 0.960. The van der Waals surface area contributed by atoms with Gasteiger partial charge in [-0.15, -0.1) is 0 Å². The Morgan fingerprint density at radius 1 is 1.62 bits per heavy atom. The first-order valence-corrected chi connectivity index (χ1v) is 4.50. The number of aromatic carboxylic acids is 1. The lowest BCUT2D eigenvalue weighted by Crippen LogP contribution is -2.08. The van der Waals surface area contributed by atoms with E-state index in [1.54, 1.807) is 0 Å². The molecule has 1 aromatic heterocycles. The fourth-order valence-corrected chi connectivity index (χ4v) is 1.53. The zero-order valence-electron chi connectivity index (χ0n) is 7.35. The maximum Gasteiger partial charge on any atom is 0.361 e. The summed E-state index contributed by atoms with van der Waals surface area (Å²) in [6, 6.07) is 0.717. The number of carbonyl (C=O) groups is 1. The van der Waals surface area contributed by atoms with E-state index >= 15 is 0 Å². The molecule has 1 N–H and O–H groups in total. The smallest absolute Gasteiger partial charge is 0.361 e. The molecule has 0 aliphatic heterocycles. The molecule has 0 atom stereocenters. The Balaban J connectivity index is 3.52. The van der Waals surface area contributed by atoms with Crippen LogP contribution in [0.2, 0.25) is 0 Å². The minimum atomic E-state index is -3.00. The molecule has 0 saturated carbocycles. The van der Waals surface area contributed by atoms with Gasteiger partial charge in [-0.05, 0) is 22.0 Å². The van der Waals surface area contributed by atoms with Gasteiger partial charge in [0.1, 0.15) is 5.69 Å². The second kappa shape index (κ2) is 4.47. The van der Waals surface area contributed by atoms with Gasteiger partial charge in [-0.1, -0.05) is 0 Å². The molecular weight excluding hydrogens is 294 g/mol. The van der Waals surface area contributed by atoms with E-state index in [-0.39, 0.29) is 4.47 Å². The highest BCUT2D eigenvalue weighted by atomic mass is 79.9. The number of alkyl halides is 2. The number of hydrogen-bond acceptors (Lipinski definition) is 4. The van der Waals surface area contributed by atoms with E-state index in [1.165, 1.54) is 0 Å². The van der Waals surface area contributed by atoms with Gasteiger partial charge in [0.25, 0.3) is 6.43 Å². The summed E-state index contributed by atoms with van der Waals surface area (Å²) < 4.78 is 24.2. The van der Waals surface area contributed by atoms with Crippen LogP contribution in [-0.2, 0) is 0 Å². The van der Waals surface area contributed by atoms with Gasteiger partial charge < -0.3 is 5.11 Å². The standard InChI is InChI=1S/C7H3BrF2N2O4/c8-2-1-3(6(9)10)11-4(7(13)14)5(2)12(15)16/h1,6H,(H,13,14). The van der Waals surface area contributed by atoms with Crippen LogP contribution in [-0.4, -0.2) is 21.0 Å². The topological polar surface area (TPSA) is 93.3 Å². The maximum atomic E-state index is 12.3. The van der Waals surface area contributed by atoms with Crippen LogP contribution in [0.4, 0.5) is 14.5 Å². The molecule has 86 valence electrons. The Morgan fingerprint density at radius 3 is 2.56 bits per heavy atom. The summed E-state index contributed by atoms with van der Waals surface area (Å²) in [6.07, 6.45) is -3.00. The SMILES string of the molecule is O=C(O)c1nc(C(F)F)cc(Br)c1[N+](=O)[O-]. The van der Waals surface area contributed by atoms with E-state index in [1.807, 2.05) is 0 Å². The van der Waals surface area contributed by atoms with Gasteiger partial charge in [-0.25, -0.2) is 18.6 Å². The summed E-state index contributed by atoms with van der Waals surface area (Å²) in [6.45, 7) is 0.